The minimum absolute atomic E-state index is 0.103. The zero-order valence-electron chi connectivity index (χ0n) is 18.4. The monoisotopic (exact) mass is 450 g/mol. The molecule has 0 bridgehead atoms. The molecule has 0 unspecified atom stereocenters. The molecule has 3 heterocycles. The molecular weight excluding hydrogens is 428 g/mol. The van der Waals surface area contributed by atoms with Crippen molar-refractivity contribution in [3.8, 4) is 5.69 Å². The summed E-state index contributed by atoms with van der Waals surface area (Å²) in [5, 5.41) is 11.1. The lowest BCUT2D eigenvalue weighted by Crippen LogP contribution is -2.10. The standard InChI is InChI=1S/C27H22N4OS/c1-3-30-23-12-8-7-11-20(23)22-15-18(13-14-24(22)30)28-26(32)25-16-21-17(2)29-31(27(21)33-25)19-9-5-4-6-10-19/h4-16H,3H2,1-2H3,(H,28,32). The minimum Gasteiger partial charge on any atom is -0.341 e. The van der Waals surface area contributed by atoms with Crippen LogP contribution in [0.25, 0.3) is 37.7 Å². The van der Waals surface area contributed by atoms with Crippen molar-refractivity contribution in [2.24, 2.45) is 0 Å². The smallest absolute Gasteiger partial charge is 0.265 e. The lowest BCUT2D eigenvalue weighted by atomic mass is 10.1. The van der Waals surface area contributed by atoms with Gasteiger partial charge in [-0.2, -0.15) is 5.10 Å². The van der Waals surface area contributed by atoms with E-state index in [1.54, 1.807) is 0 Å². The number of hydrogen-bond donors (Lipinski definition) is 1. The van der Waals surface area contributed by atoms with E-state index in [0.29, 0.717) is 4.88 Å². The molecule has 0 radical (unpaired) electrons. The normalized spacial score (nSPS) is 11.6. The predicted octanol–water partition coefficient (Wildman–Crippen LogP) is 6.78. The van der Waals surface area contributed by atoms with Crippen LogP contribution >= 0.6 is 11.3 Å². The second-order valence-electron chi connectivity index (χ2n) is 8.11. The van der Waals surface area contributed by atoms with E-state index in [4.69, 9.17) is 0 Å². The van der Waals surface area contributed by atoms with Gasteiger partial charge in [0.05, 0.1) is 16.3 Å². The van der Waals surface area contributed by atoms with Gasteiger partial charge in [0.2, 0.25) is 0 Å². The molecular formula is C27H22N4OS. The Morgan fingerprint density at radius 3 is 2.48 bits per heavy atom. The number of para-hydroxylation sites is 2. The molecule has 162 valence electrons. The summed E-state index contributed by atoms with van der Waals surface area (Å²) in [6.07, 6.45) is 0. The van der Waals surface area contributed by atoms with Gasteiger partial charge in [0.25, 0.3) is 5.91 Å². The molecule has 1 amide bonds. The van der Waals surface area contributed by atoms with Gasteiger partial charge in [0, 0.05) is 39.4 Å². The van der Waals surface area contributed by atoms with Crippen molar-refractivity contribution in [3.63, 3.8) is 0 Å². The molecule has 0 atom stereocenters. The van der Waals surface area contributed by atoms with Gasteiger partial charge in [-0.05, 0) is 56.3 Å². The van der Waals surface area contributed by atoms with Crippen LogP contribution in [0.1, 0.15) is 22.3 Å². The van der Waals surface area contributed by atoms with Crippen molar-refractivity contribution in [2.75, 3.05) is 5.32 Å². The number of nitrogens with one attached hydrogen (secondary N) is 1. The van der Waals surface area contributed by atoms with Crippen LogP contribution < -0.4 is 5.32 Å². The number of nitrogens with zero attached hydrogens (tertiary/aromatic N) is 3. The van der Waals surface area contributed by atoms with E-state index in [-0.39, 0.29) is 5.91 Å². The van der Waals surface area contributed by atoms with E-state index in [1.165, 1.54) is 27.8 Å². The maximum Gasteiger partial charge on any atom is 0.265 e. The third-order valence-corrected chi connectivity index (χ3v) is 7.23. The lowest BCUT2D eigenvalue weighted by molar-refractivity contribution is 0.103. The molecule has 6 rings (SSSR count). The Morgan fingerprint density at radius 1 is 0.909 bits per heavy atom. The quantitative estimate of drug-likeness (QED) is 0.322. The summed E-state index contributed by atoms with van der Waals surface area (Å²) in [4.78, 5) is 14.8. The van der Waals surface area contributed by atoms with Gasteiger partial charge in [-0.25, -0.2) is 4.68 Å². The van der Waals surface area contributed by atoms with Crippen molar-refractivity contribution >= 4 is 55.0 Å². The summed E-state index contributed by atoms with van der Waals surface area (Å²) < 4.78 is 4.22. The molecule has 0 spiro atoms. The van der Waals surface area contributed by atoms with E-state index >= 15 is 0 Å². The first-order chi connectivity index (χ1) is 16.1. The number of fused-ring (bicyclic) bond motifs is 4. The average Bonchev–Trinajstić information content (AvgIpc) is 3.51. The number of anilines is 1. The van der Waals surface area contributed by atoms with Crippen LogP contribution in [0.2, 0.25) is 0 Å². The molecule has 3 aromatic heterocycles. The minimum atomic E-state index is -0.103. The second-order valence-corrected chi connectivity index (χ2v) is 9.14. The number of rotatable bonds is 4. The van der Waals surface area contributed by atoms with Crippen molar-refractivity contribution < 1.29 is 4.79 Å². The van der Waals surface area contributed by atoms with Crippen LogP contribution in [-0.4, -0.2) is 20.3 Å². The number of carbonyl (C=O) groups excluding carboxylic acids is 1. The Morgan fingerprint density at radius 2 is 1.67 bits per heavy atom. The van der Waals surface area contributed by atoms with Crippen molar-refractivity contribution in [2.45, 2.75) is 20.4 Å². The summed E-state index contributed by atoms with van der Waals surface area (Å²) in [5.41, 5.74) is 5.09. The first-order valence-electron chi connectivity index (χ1n) is 11.0. The summed E-state index contributed by atoms with van der Waals surface area (Å²) in [7, 11) is 0. The van der Waals surface area contributed by atoms with E-state index in [0.717, 1.165) is 39.2 Å². The van der Waals surface area contributed by atoms with Crippen LogP contribution in [0.4, 0.5) is 5.69 Å². The fourth-order valence-electron chi connectivity index (χ4n) is 4.57. The maximum absolute atomic E-state index is 13.2. The highest BCUT2D eigenvalue weighted by Crippen LogP contribution is 2.33. The SMILES string of the molecule is CCn1c2ccccc2c2cc(NC(=O)c3cc4c(C)nn(-c5ccccc5)c4s3)ccc21. The van der Waals surface area contributed by atoms with Crippen LogP contribution in [0.5, 0.6) is 0 Å². The van der Waals surface area contributed by atoms with Gasteiger partial charge >= 0.3 is 0 Å². The third kappa shape index (κ3) is 3.14. The highest BCUT2D eigenvalue weighted by molar-refractivity contribution is 7.20. The Kier molecular flexibility index (Phi) is 4.55. The molecule has 0 saturated carbocycles. The van der Waals surface area contributed by atoms with E-state index < -0.39 is 0 Å². The van der Waals surface area contributed by atoms with Crippen LogP contribution in [-0.2, 0) is 6.54 Å². The number of carbonyl (C=O) groups is 1. The van der Waals surface area contributed by atoms with Gasteiger partial charge in [0.1, 0.15) is 4.83 Å². The fraction of sp³-hybridized carbons (Fsp3) is 0.111. The molecule has 6 aromatic rings. The van der Waals surface area contributed by atoms with Gasteiger partial charge in [-0.1, -0.05) is 36.4 Å². The summed E-state index contributed by atoms with van der Waals surface area (Å²) in [6, 6.07) is 26.5. The molecule has 0 aliphatic rings. The zero-order chi connectivity index (χ0) is 22.5. The first-order valence-corrected chi connectivity index (χ1v) is 11.8. The molecule has 0 saturated heterocycles. The average molecular weight is 451 g/mol. The first kappa shape index (κ1) is 19.8. The second kappa shape index (κ2) is 7.60. The van der Waals surface area contributed by atoms with Gasteiger partial charge in [0.15, 0.2) is 0 Å². The molecule has 3 aromatic carbocycles. The predicted molar refractivity (Wildman–Crippen MR) is 137 cm³/mol. The maximum atomic E-state index is 13.2. The number of aryl methyl sites for hydroxylation is 2. The molecule has 0 fully saturated rings. The molecule has 1 N–H and O–H groups in total. The Balaban J connectivity index is 1.37. The van der Waals surface area contributed by atoms with Crippen LogP contribution in [0, 0.1) is 6.92 Å². The third-order valence-electron chi connectivity index (χ3n) is 6.12. The fourth-order valence-corrected chi connectivity index (χ4v) is 5.65. The number of thiophene rings is 1. The van der Waals surface area contributed by atoms with Crippen molar-refractivity contribution in [3.05, 3.63) is 89.4 Å². The summed E-state index contributed by atoms with van der Waals surface area (Å²) >= 11 is 1.47. The van der Waals surface area contributed by atoms with E-state index in [1.807, 2.05) is 54.1 Å². The van der Waals surface area contributed by atoms with Gasteiger partial charge in [-0.3, -0.25) is 4.79 Å². The summed E-state index contributed by atoms with van der Waals surface area (Å²) in [6.45, 7) is 5.03. The Labute approximate surface area is 194 Å². The highest BCUT2D eigenvalue weighted by atomic mass is 32.1. The Hall–Kier alpha value is -3.90. The van der Waals surface area contributed by atoms with Crippen LogP contribution in [0.15, 0.2) is 78.9 Å². The van der Waals surface area contributed by atoms with Gasteiger partial charge in [-0.15, -0.1) is 11.3 Å². The van der Waals surface area contributed by atoms with Gasteiger partial charge < -0.3 is 9.88 Å². The van der Waals surface area contributed by atoms with E-state index in [2.05, 4.69) is 58.3 Å². The lowest BCUT2D eigenvalue weighted by Gasteiger charge is -2.06. The highest BCUT2D eigenvalue weighted by Gasteiger charge is 2.18. The zero-order valence-corrected chi connectivity index (χ0v) is 19.2. The molecule has 5 nitrogen and oxygen atoms in total. The van der Waals surface area contributed by atoms with Crippen molar-refractivity contribution in [1.29, 1.82) is 0 Å². The van der Waals surface area contributed by atoms with Crippen molar-refractivity contribution in [1.82, 2.24) is 14.3 Å². The number of aromatic nitrogens is 3. The number of amides is 1. The topological polar surface area (TPSA) is 51.9 Å². The Bertz CT molecular complexity index is 1660. The van der Waals surface area contributed by atoms with Crippen LogP contribution in [0.3, 0.4) is 0 Å². The molecule has 0 aliphatic heterocycles. The molecule has 6 heteroatoms. The largest absolute Gasteiger partial charge is 0.341 e. The van der Waals surface area contributed by atoms with E-state index in [9.17, 15) is 4.79 Å². The number of benzene rings is 3. The summed E-state index contributed by atoms with van der Waals surface area (Å²) in [5.74, 6) is -0.103. The molecule has 33 heavy (non-hydrogen) atoms. The number of hydrogen-bond acceptors (Lipinski definition) is 3. The molecule has 0 aliphatic carbocycles.